The van der Waals surface area contributed by atoms with Crippen LogP contribution in [0.15, 0.2) is 47.0 Å². The van der Waals surface area contributed by atoms with E-state index in [1.807, 2.05) is 31.2 Å². The lowest BCUT2D eigenvalue weighted by molar-refractivity contribution is 0.102. The minimum absolute atomic E-state index is 0.171. The summed E-state index contributed by atoms with van der Waals surface area (Å²) >= 11 is 0. The standard InChI is InChI=1S/C17H17N5O3/c1-3-24-14-7-5-4-6-12(14)18-15-9-8-13(20-21-15)17(23)19-16-10-11(2)25-22-16/h4-10H,3H2,1-2H3,(H,18,21)(H,19,22,23). The number of amides is 1. The number of carbonyl (C=O) groups is 1. The van der Waals surface area contributed by atoms with Crippen molar-refractivity contribution in [1.29, 1.82) is 0 Å². The molecule has 2 heterocycles. The number of ether oxygens (including phenoxy) is 1. The second-order valence-electron chi connectivity index (χ2n) is 5.13. The molecule has 1 aromatic carbocycles. The number of rotatable bonds is 6. The first-order valence-corrected chi connectivity index (χ1v) is 7.73. The maximum Gasteiger partial charge on any atom is 0.277 e. The lowest BCUT2D eigenvalue weighted by Gasteiger charge is -2.11. The number of aryl methyl sites for hydroxylation is 1. The lowest BCUT2D eigenvalue weighted by atomic mass is 10.3. The van der Waals surface area contributed by atoms with E-state index in [1.54, 1.807) is 25.1 Å². The zero-order valence-electron chi connectivity index (χ0n) is 13.8. The lowest BCUT2D eigenvalue weighted by Crippen LogP contribution is -2.14. The second kappa shape index (κ2) is 7.43. The molecule has 8 nitrogen and oxygen atoms in total. The number of carbonyl (C=O) groups excluding carboxylic acids is 1. The highest BCUT2D eigenvalue weighted by Crippen LogP contribution is 2.26. The van der Waals surface area contributed by atoms with Crippen LogP contribution < -0.4 is 15.4 Å². The Morgan fingerprint density at radius 2 is 2.00 bits per heavy atom. The van der Waals surface area contributed by atoms with E-state index in [9.17, 15) is 4.79 Å². The van der Waals surface area contributed by atoms with Crippen molar-refractivity contribution in [3.63, 3.8) is 0 Å². The van der Waals surface area contributed by atoms with Crippen molar-refractivity contribution in [2.75, 3.05) is 17.2 Å². The Balaban J connectivity index is 1.69. The van der Waals surface area contributed by atoms with Gasteiger partial charge < -0.3 is 19.9 Å². The number of nitrogens with zero attached hydrogens (tertiary/aromatic N) is 3. The summed E-state index contributed by atoms with van der Waals surface area (Å²) in [5.74, 6) is 1.74. The molecule has 3 aromatic rings. The Bertz CT molecular complexity index is 861. The first kappa shape index (κ1) is 16.4. The summed E-state index contributed by atoms with van der Waals surface area (Å²) in [6.07, 6.45) is 0. The molecule has 0 unspecified atom stereocenters. The molecule has 2 aromatic heterocycles. The Morgan fingerprint density at radius 3 is 2.68 bits per heavy atom. The number of aromatic nitrogens is 3. The van der Waals surface area contributed by atoms with Gasteiger partial charge in [-0.25, -0.2) is 0 Å². The van der Waals surface area contributed by atoms with Gasteiger partial charge >= 0.3 is 0 Å². The Kier molecular flexibility index (Phi) is 4.89. The molecular weight excluding hydrogens is 322 g/mol. The largest absolute Gasteiger partial charge is 0.492 e. The predicted molar refractivity (Wildman–Crippen MR) is 92.1 cm³/mol. The van der Waals surface area contributed by atoms with Crippen molar-refractivity contribution in [3.05, 3.63) is 53.9 Å². The van der Waals surface area contributed by atoms with Gasteiger partial charge in [0.1, 0.15) is 11.5 Å². The van der Waals surface area contributed by atoms with Crippen molar-refractivity contribution < 1.29 is 14.1 Å². The van der Waals surface area contributed by atoms with Gasteiger partial charge in [0.15, 0.2) is 17.3 Å². The van der Waals surface area contributed by atoms with Gasteiger partial charge in [-0.3, -0.25) is 4.79 Å². The summed E-state index contributed by atoms with van der Waals surface area (Å²) < 4.78 is 10.4. The van der Waals surface area contributed by atoms with E-state index in [4.69, 9.17) is 9.26 Å². The minimum atomic E-state index is -0.415. The molecule has 0 aliphatic rings. The van der Waals surface area contributed by atoms with Crippen LogP contribution in [0.2, 0.25) is 0 Å². The van der Waals surface area contributed by atoms with E-state index in [0.29, 0.717) is 24.0 Å². The molecule has 0 saturated carbocycles. The average Bonchev–Trinajstić information content (AvgIpc) is 3.02. The molecule has 0 aliphatic heterocycles. The van der Waals surface area contributed by atoms with E-state index in [-0.39, 0.29) is 5.69 Å². The maximum absolute atomic E-state index is 12.1. The van der Waals surface area contributed by atoms with Crippen LogP contribution in [-0.4, -0.2) is 27.9 Å². The molecule has 0 atom stereocenters. The van der Waals surface area contributed by atoms with Crippen LogP contribution in [0.5, 0.6) is 5.75 Å². The van der Waals surface area contributed by atoms with Gasteiger partial charge in [-0.05, 0) is 38.1 Å². The van der Waals surface area contributed by atoms with Crippen molar-refractivity contribution in [2.45, 2.75) is 13.8 Å². The normalized spacial score (nSPS) is 10.3. The van der Waals surface area contributed by atoms with Crippen molar-refractivity contribution in [3.8, 4) is 5.75 Å². The number of benzene rings is 1. The van der Waals surface area contributed by atoms with E-state index < -0.39 is 5.91 Å². The van der Waals surface area contributed by atoms with Crippen LogP contribution >= 0.6 is 0 Å². The van der Waals surface area contributed by atoms with Gasteiger partial charge in [-0.15, -0.1) is 10.2 Å². The first-order valence-electron chi connectivity index (χ1n) is 7.73. The van der Waals surface area contributed by atoms with Crippen LogP contribution in [0.1, 0.15) is 23.2 Å². The summed E-state index contributed by atoms with van der Waals surface area (Å²) in [5, 5.41) is 17.4. The molecule has 25 heavy (non-hydrogen) atoms. The molecule has 2 N–H and O–H groups in total. The highest BCUT2D eigenvalue weighted by atomic mass is 16.5. The molecule has 1 amide bonds. The summed E-state index contributed by atoms with van der Waals surface area (Å²) in [6, 6.07) is 12.4. The molecule has 128 valence electrons. The molecule has 0 saturated heterocycles. The van der Waals surface area contributed by atoms with E-state index in [0.717, 1.165) is 11.4 Å². The molecular formula is C17H17N5O3. The number of hydrogen-bond acceptors (Lipinski definition) is 7. The van der Waals surface area contributed by atoms with Crippen molar-refractivity contribution >= 4 is 23.2 Å². The quantitative estimate of drug-likeness (QED) is 0.711. The van der Waals surface area contributed by atoms with Crippen molar-refractivity contribution in [2.24, 2.45) is 0 Å². The van der Waals surface area contributed by atoms with Crippen LogP contribution in [0.3, 0.4) is 0 Å². The summed E-state index contributed by atoms with van der Waals surface area (Å²) in [5.41, 5.74) is 0.943. The summed E-state index contributed by atoms with van der Waals surface area (Å²) in [4.78, 5) is 12.1. The monoisotopic (exact) mass is 339 g/mol. The number of nitrogens with one attached hydrogen (secondary N) is 2. The Labute approximate surface area is 144 Å². The smallest absolute Gasteiger partial charge is 0.277 e. The molecule has 0 aliphatic carbocycles. The van der Waals surface area contributed by atoms with Crippen LogP contribution in [-0.2, 0) is 0 Å². The number of hydrogen-bond donors (Lipinski definition) is 2. The maximum atomic E-state index is 12.1. The van der Waals surface area contributed by atoms with Gasteiger partial charge in [0, 0.05) is 6.07 Å². The molecule has 3 rings (SSSR count). The predicted octanol–water partition coefficient (Wildman–Crippen LogP) is 3.17. The third-order valence-corrected chi connectivity index (χ3v) is 3.22. The third-order valence-electron chi connectivity index (χ3n) is 3.22. The fourth-order valence-corrected chi connectivity index (χ4v) is 2.11. The van der Waals surface area contributed by atoms with Gasteiger partial charge in [0.25, 0.3) is 5.91 Å². The van der Waals surface area contributed by atoms with E-state index in [2.05, 4.69) is 26.0 Å². The fraction of sp³-hybridized carbons (Fsp3) is 0.176. The topological polar surface area (TPSA) is 102 Å². The van der Waals surface area contributed by atoms with E-state index in [1.165, 1.54) is 0 Å². The SMILES string of the molecule is CCOc1ccccc1Nc1ccc(C(=O)Nc2cc(C)on2)nn1. The summed E-state index contributed by atoms with van der Waals surface area (Å²) in [6.45, 7) is 4.22. The zero-order valence-corrected chi connectivity index (χ0v) is 13.8. The van der Waals surface area contributed by atoms with Gasteiger partial charge in [-0.2, -0.15) is 0 Å². The molecule has 0 spiro atoms. The van der Waals surface area contributed by atoms with Crippen LogP contribution in [0.25, 0.3) is 0 Å². The Morgan fingerprint density at radius 1 is 1.16 bits per heavy atom. The second-order valence-corrected chi connectivity index (χ2v) is 5.13. The van der Waals surface area contributed by atoms with Gasteiger partial charge in [0.05, 0.1) is 12.3 Å². The minimum Gasteiger partial charge on any atom is -0.492 e. The van der Waals surface area contributed by atoms with E-state index >= 15 is 0 Å². The van der Waals surface area contributed by atoms with Gasteiger partial charge in [0.2, 0.25) is 0 Å². The third kappa shape index (κ3) is 4.11. The fourth-order valence-electron chi connectivity index (χ4n) is 2.11. The van der Waals surface area contributed by atoms with Crippen LogP contribution in [0.4, 0.5) is 17.3 Å². The number of para-hydroxylation sites is 2. The van der Waals surface area contributed by atoms with Crippen LogP contribution in [0, 0.1) is 6.92 Å². The molecule has 0 fully saturated rings. The molecule has 0 radical (unpaired) electrons. The molecule has 0 bridgehead atoms. The highest BCUT2D eigenvalue weighted by Gasteiger charge is 2.11. The summed E-state index contributed by atoms with van der Waals surface area (Å²) in [7, 11) is 0. The van der Waals surface area contributed by atoms with Crippen molar-refractivity contribution in [1.82, 2.24) is 15.4 Å². The van der Waals surface area contributed by atoms with Gasteiger partial charge in [-0.1, -0.05) is 17.3 Å². The highest BCUT2D eigenvalue weighted by molar-refractivity contribution is 6.02. The average molecular weight is 339 g/mol. The zero-order chi connectivity index (χ0) is 17.6. The number of anilines is 3. The Hall–Kier alpha value is -3.42. The molecule has 8 heteroatoms. The first-order chi connectivity index (χ1) is 12.2.